The Bertz CT molecular complexity index is 793. The molecule has 0 amide bonds. The van der Waals surface area contributed by atoms with Gasteiger partial charge in [-0.05, 0) is 78.4 Å². The highest BCUT2D eigenvalue weighted by Gasteiger charge is 2.67. The quantitative estimate of drug-likeness (QED) is 0.640. The molecule has 1 saturated heterocycles. The van der Waals surface area contributed by atoms with E-state index in [1.807, 2.05) is 0 Å². The molecule has 0 unspecified atom stereocenters. The van der Waals surface area contributed by atoms with Crippen LogP contribution in [0.1, 0.15) is 79.6 Å². The highest BCUT2D eigenvalue weighted by Crippen LogP contribution is 2.68. The molecule has 5 nitrogen and oxygen atoms in total. The Kier molecular flexibility index (Phi) is 5.47. The average Bonchev–Trinajstić information content (AvgIpc) is 2.90. The molecule has 5 rings (SSSR count). The van der Waals surface area contributed by atoms with Crippen molar-refractivity contribution < 1.29 is 24.5 Å². The third kappa shape index (κ3) is 3.13. The molecule has 0 aromatic heterocycles. The summed E-state index contributed by atoms with van der Waals surface area (Å²) < 4.78 is 6.58. The SMILES string of the molecule is CC(C)[C@H]1O[C@H]2C[C@H]3[C@@H]4CC(=O)[C@H]5C[C@@H](O)CC[C@]5(C)[C@H]4[C@H](O)C[C@]3(C)[C@H]2[C@H](C)CC1=O. The van der Waals surface area contributed by atoms with Gasteiger partial charge in [0, 0.05) is 18.8 Å². The van der Waals surface area contributed by atoms with Gasteiger partial charge in [-0.3, -0.25) is 9.59 Å². The summed E-state index contributed by atoms with van der Waals surface area (Å²) in [5.74, 6) is 1.62. The van der Waals surface area contributed by atoms with Crippen LogP contribution in [-0.4, -0.2) is 46.2 Å². The first-order valence-electron chi connectivity index (χ1n) is 13.0. The van der Waals surface area contributed by atoms with E-state index in [-0.39, 0.29) is 64.3 Å². The van der Waals surface area contributed by atoms with E-state index in [2.05, 4.69) is 34.6 Å². The molecule has 5 aliphatic rings. The second-order valence-corrected chi connectivity index (χ2v) is 13.0. The van der Waals surface area contributed by atoms with Crippen LogP contribution in [0.15, 0.2) is 0 Å². The van der Waals surface area contributed by atoms with Gasteiger partial charge in [0.1, 0.15) is 11.9 Å². The fourth-order valence-electron chi connectivity index (χ4n) is 9.69. The van der Waals surface area contributed by atoms with E-state index in [1.54, 1.807) is 0 Å². The Hall–Kier alpha value is -0.780. The van der Waals surface area contributed by atoms with Crippen LogP contribution in [0.5, 0.6) is 0 Å². The van der Waals surface area contributed by atoms with E-state index >= 15 is 0 Å². The number of aliphatic hydroxyl groups excluding tert-OH is 2. The largest absolute Gasteiger partial charge is 0.393 e. The third-order valence-electron chi connectivity index (χ3n) is 10.8. The van der Waals surface area contributed by atoms with Crippen LogP contribution < -0.4 is 0 Å². The van der Waals surface area contributed by atoms with E-state index in [1.165, 1.54) is 0 Å². The number of carbonyl (C=O) groups excluding carboxylic acids is 2. The zero-order valence-electron chi connectivity index (χ0n) is 20.4. The normalized spacial score (nSPS) is 55.6. The zero-order chi connectivity index (χ0) is 23.2. The lowest BCUT2D eigenvalue weighted by molar-refractivity contribution is -0.185. The molecule has 5 fully saturated rings. The second-order valence-electron chi connectivity index (χ2n) is 13.0. The van der Waals surface area contributed by atoms with Crippen molar-refractivity contribution in [3.05, 3.63) is 0 Å². The maximum atomic E-state index is 13.4. The molecule has 0 spiro atoms. The molecule has 0 bridgehead atoms. The van der Waals surface area contributed by atoms with Crippen LogP contribution in [0.2, 0.25) is 0 Å². The van der Waals surface area contributed by atoms with Gasteiger partial charge in [-0.2, -0.15) is 0 Å². The summed E-state index contributed by atoms with van der Waals surface area (Å²) in [5, 5.41) is 21.9. The van der Waals surface area contributed by atoms with Crippen LogP contribution >= 0.6 is 0 Å². The maximum absolute atomic E-state index is 13.4. The van der Waals surface area contributed by atoms with Gasteiger partial charge in [-0.15, -0.1) is 0 Å². The molecule has 180 valence electrons. The number of ketones is 2. The molecule has 2 N–H and O–H groups in total. The van der Waals surface area contributed by atoms with Crippen LogP contribution in [0.3, 0.4) is 0 Å². The summed E-state index contributed by atoms with van der Waals surface area (Å²) in [4.78, 5) is 26.3. The minimum atomic E-state index is -0.442. The molecule has 12 atom stereocenters. The molecule has 4 saturated carbocycles. The van der Waals surface area contributed by atoms with E-state index in [0.717, 1.165) is 25.7 Å². The number of aliphatic hydroxyl groups is 2. The van der Waals surface area contributed by atoms with E-state index in [0.29, 0.717) is 31.0 Å². The van der Waals surface area contributed by atoms with Crippen molar-refractivity contribution in [2.24, 2.45) is 52.3 Å². The summed E-state index contributed by atoms with van der Waals surface area (Å²) in [6.45, 7) is 10.8. The molecular weight excluding hydrogens is 404 g/mol. The Morgan fingerprint density at radius 1 is 1.00 bits per heavy atom. The first kappa shape index (κ1) is 23.0. The van der Waals surface area contributed by atoms with E-state index in [4.69, 9.17) is 4.74 Å². The van der Waals surface area contributed by atoms with Gasteiger partial charge >= 0.3 is 0 Å². The number of Topliss-reactive ketones (excluding diaryl/α,β-unsaturated/α-hetero) is 2. The summed E-state index contributed by atoms with van der Waals surface area (Å²) in [5.41, 5.74) is -0.345. The number of rotatable bonds is 1. The first-order chi connectivity index (χ1) is 15.0. The highest BCUT2D eigenvalue weighted by molar-refractivity contribution is 5.84. The predicted octanol–water partition coefficient (Wildman–Crippen LogP) is 3.78. The first-order valence-corrected chi connectivity index (χ1v) is 13.0. The van der Waals surface area contributed by atoms with Crippen molar-refractivity contribution in [2.45, 2.75) is 104 Å². The van der Waals surface area contributed by atoms with Crippen molar-refractivity contribution in [1.82, 2.24) is 0 Å². The van der Waals surface area contributed by atoms with E-state index < -0.39 is 12.2 Å². The topological polar surface area (TPSA) is 83.8 Å². The van der Waals surface area contributed by atoms with Gasteiger partial charge in [0.25, 0.3) is 0 Å². The summed E-state index contributed by atoms with van der Waals surface area (Å²) in [7, 11) is 0. The molecule has 5 heteroatoms. The summed E-state index contributed by atoms with van der Waals surface area (Å²) >= 11 is 0. The monoisotopic (exact) mass is 446 g/mol. The molecule has 0 radical (unpaired) electrons. The van der Waals surface area contributed by atoms with Gasteiger partial charge < -0.3 is 14.9 Å². The number of ether oxygens (including phenoxy) is 1. The minimum absolute atomic E-state index is 0.0265. The van der Waals surface area contributed by atoms with Crippen molar-refractivity contribution in [1.29, 1.82) is 0 Å². The number of carbonyl (C=O) groups is 2. The van der Waals surface area contributed by atoms with Gasteiger partial charge in [-0.1, -0.05) is 34.6 Å². The number of fused-ring (bicyclic) bond motifs is 7. The molecular formula is C27H42O5. The van der Waals surface area contributed by atoms with Crippen molar-refractivity contribution in [2.75, 3.05) is 0 Å². The minimum Gasteiger partial charge on any atom is -0.393 e. The molecule has 0 aromatic rings. The Balaban J connectivity index is 1.51. The molecule has 0 aromatic carbocycles. The molecule has 1 aliphatic heterocycles. The van der Waals surface area contributed by atoms with Gasteiger partial charge in [0.2, 0.25) is 0 Å². The lowest BCUT2D eigenvalue weighted by Crippen LogP contribution is -2.61. The standard InChI is InChI=1S/C27H42O5/c1-13(2)25-20(30)8-14(3)23-22(32-25)11-17-16-10-19(29)18-9-15(28)6-7-26(18,4)24(16)21(31)12-27(17,23)5/h13-18,21-25,28,31H,6-12H2,1-5H3/t14-,15+,16+,17+,18-,21-,22+,23+,24-,25-,26+,27+/m1/s1. The molecule has 4 aliphatic carbocycles. The smallest absolute Gasteiger partial charge is 0.162 e. The number of hydrogen-bond donors (Lipinski definition) is 2. The van der Waals surface area contributed by atoms with Crippen molar-refractivity contribution in [3.63, 3.8) is 0 Å². The average molecular weight is 447 g/mol. The summed E-state index contributed by atoms with van der Waals surface area (Å²) in [6, 6.07) is 0. The molecule has 1 heterocycles. The lowest BCUT2D eigenvalue weighted by Gasteiger charge is -2.61. The molecule has 32 heavy (non-hydrogen) atoms. The third-order valence-corrected chi connectivity index (χ3v) is 10.8. The Labute approximate surface area is 192 Å². The highest BCUT2D eigenvalue weighted by atomic mass is 16.5. The zero-order valence-corrected chi connectivity index (χ0v) is 20.4. The Morgan fingerprint density at radius 2 is 1.72 bits per heavy atom. The van der Waals surface area contributed by atoms with E-state index in [9.17, 15) is 19.8 Å². The van der Waals surface area contributed by atoms with Crippen molar-refractivity contribution in [3.8, 4) is 0 Å². The fourth-order valence-corrected chi connectivity index (χ4v) is 9.69. The number of hydrogen-bond acceptors (Lipinski definition) is 5. The van der Waals surface area contributed by atoms with Gasteiger partial charge in [-0.25, -0.2) is 0 Å². The maximum Gasteiger partial charge on any atom is 0.162 e. The van der Waals surface area contributed by atoms with Crippen LogP contribution in [0, 0.1) is 52.3 Å². The lowest BCUT2D eigenvalue weighted by atomic mass is 9.43. The predicted molar refractivity (Wildman–Crippen MR) is 121 cm³/mol. The van der Waals surface area contributed by atoms with Crippen LogP contribution in [-0.2, 0) is 14.3 Å². The van der Waals surface area contributed by atoms with Crippen LogP contribution in [0.4, 0.5) is 0 Å². The fraction of sp³-hybridized carbons (Fsp3) is 0.926. The van der Waals surface area contributed by atoms with Gasteiger partial charge in [0.05, 0.1) is 18.3 Å². The van der Waals surface area contributed by atoms with Crippen LogP contribution in [0.25, 0.3) is 0 Å². The summed E-state index contributed by atoms with van der Waals surface area (Å²) in [6.07, 6.45) is 3.64. The van der Waals surface area contributed by atoms with Gasteiger partial charge in [0.15, 0.2) is 5.78 Å². The Morgan fingerprint density at radius 3 is 2.41 bits per heavy atom. The second kappa shape index (κ2) is 7.61. The van der Waals surface area contributed by atoms with Crippen molar-refractivity contribution >= 4 is 11.6 Å².